The Morgan fingerprint density at radius 2 is 1.72 bits per heavy atom. The molecule has 0 radical (unpaired) electrons. The Morgan fingerprint density at radius 1 is 1.11 bits per heavy atom. The van der Waals surface area contributed by atoms with Crippen molar-refractivity contribution in [2.24, 2.45) is 5.41 Å². The van der Waals surface area contributed by atoms with Crippen LogP contribution in [0.4, 0.5) is 0 Å². The van der Waals surface area contributed by atoms with Crippen LogP contribution in [0.3, 0.4) is 0 Å². The van der Waals surface area contributed by atoms with Crippen molar-refractivity contribution in [1.82, 2.24) is 4.90 Å². The van der Waals surface area contributed by atoms with E-state index in [2.05, 4.69) is 25.7 Å². The van der Waals surface area contributed by atoms with E-state index in [-0.39, 0.29) is 6.10 Å². The van der Waals surface area contributed by atoms with Gasteiger partial charge in [0.1, 0.15) is 0 Å². The molecular formula is C15H29NO2. The van der Waals surface area contributed by atoms with Crippen LogP contribution in [0, 0.1) is 5.41 Å². The van der Waals surface area contributed by atoms with E-state index < -0.39 is 0 Å². The molecule has 0 aromatic heterocycles. The molecule has 1 heterocycles. The van der Waals surface area contributed by atoms with E-state index in [4.69, 9.17) is 4.74 Å². The number of nitrogens with zero attached hydrogens (tertiary/aromatic N) is 1. The maximum absolute atomic E-state index is 9.25. The molecule has 0 aromatic rings. The Kier molecular flexibility index (Phi) is 4.68. The molecule has 2 aliphatic rings. The van der Waals surface area contributed by atoms with E-state index in [1.165, 1.54) is 26.1 Å². The van der Waals surface area contributed by atoms with Gasteiger partial charge in [-0.05, 0) is 44.1 Å². The molecule has 1 aliphatic carbocycles. The fourth-order valence-electron chi connectivity index (χ4n) is 2.68. The predicted octanol–water partition coefficient (Wildman–Crippen LogP) is 2.43. The van der Waals surface area contributed by atoms with Crippen molar-refractivity contribution < 1.29 is 9.84 Å². The van der Waals surface area contributed by atoms with Gasteiger partial charge in [-0.15, -0.1) is 0 Å². The van der Waals surface area contributed by atoms with Crippen LogP contribution < -0.4 is 0 Å². The molecule has 1 saturated heterocycles. The molecule has 1 N–H and O–H groups in total. The highest BCUT2D eigenvalue weighted by Crippen LogP contribution is 2.27. The van der Waals surface area contributed by atoms with Gasteiger partial charge in [-0.1, -0.05) is 20.8 Å². The van der Waals surface area contributed by atoms with Gasteiger partial charge in [-0.2, -0.15) is 0 Å². The molecule has 2 rings (SSSR count). The average molecular weight is 255 g/mol. The van der Waals surface area contributed by atoms with Gasteiger partial charge in [0.2, 0.25) is 0 Å². The molecule has 0 unspecified atom stereocenters. The van der Waals surface area contributed by atoms with Crippen LogP contribution in [0.1, 0.15) is 52.9 Å². The zero-order valence-electron chi connectivity index (χ0n) is 12.2. The number of likely N-dealkylation sites (tertiary alicyclic amines) is 1. The van der Waals surface area contributed by atoms with Gasteiger partial charge in [0.05, 0.1) is 18.3 Å². The summed E-state index contributed by atoms with van der Waals surface area (Å²) in [6, 6.07) is 0. The first-order valence-electron chi connectivity index (χ1n) is 7.48. The van der Waals surface area contributed by atoms with Crippen LogP contribution in [0.25, 0.3) is 0 Å². The molecule has 0 bridgehead atoms. The van der Waals surface area contributed by atoms with Gasteiger partial charge < -0.3 is 14.7 Å². The maximum atomic E-state index is 9.25. The number of piperidine rings is 1. The lowest BCUT2D eigenvalue weighted by Crippen LogP contribution is -2.43. The van der Waals surface area contributed by atoms with E-state index in [1.54, 1.807) is 0 Å². The summed E-state index contributed by atoms with van der Waals surface area (Å²) in [5, 5.41) is 9.25. The van der Waals surface area contributed by atoms with Crippen LogP contribution in [-0.2, 0) is 4.74 Å². The van der Waals surface area contributed by atoms with Crippen LogP contribution in [-0.4, -0.2) is 48.0 Å². The van der Waals surface area contributed by atoms with Crippen molar-refractivity contribution >= 4 is 0 Å². The smallest absolute Gasteiger partial charge is 0.0628 e. The first-order valence-corrected chi connectivity index (χ1v) is 7.48. The molecule has 3 heteroatoms. The standard InChI is InChI=1S/C15H29NO2/c1-15(2,3)6-9-16-7-4-13(5-8-16)18-14-10-12(17)11-14/h12-14,17H,4-11H2,1-3H3. The monoisotopic (exact) mass is 255 g/mol. The fraction of sp³-hybridized carbons (Fsp3) is 1.00. The number of aliphatic hydroxyl groups is 1. The number of aliphatic hydroxyl groups excluding tert-OH is 1. The third-order valence-electron chi connectivity index (χ3n) is 4.17. The second-order valence-electron chi connectivity index (χ2n) is 7.23. The predicted molar refractivity (Wildman–Crippen MR) is 73.6 cm³/mol. The van der Waals surface area contributed by atoms with Crippen molar-refractivity contribution in [2.45, 2.75) is 71.2 Å². The Hall–Kier alpha value is -0.120. The summed E-state index contributed by atoms with van der Waals surface area (Å²) in [6.07, 6.45) is 5.98. The van der Waals surface area contributed by atoms with Crippen LogP contribution in [0.2, 0.25) is 0 Å². The molecule has 106 valence electrons. The van der Waals surface area contributed by atoms with Gasteiger partial charge in [0.25, 0.3) is 0 Å². The molecule has 18 heavy (non-hydrogen) atoms. The summed E-state index contributed by atoms with van der Waals surface area (Å²) >= 11 is 0. The SMILES string of the molecule is CC(C)(C)CCN1CCC(OC2CC(O)C2)CC1. The summed E-state index contributed by atoms with van der Waals surface area (Å²) in [7, 11) is 0. The highest BCUT2D eigenvalue weighted by molar-refractivity contribution is 4.82. The number of hydrogen-bond donors (Lipinski definition) is 1. The van der Waals surface area contributed by atoms with Crippen LogP contribution >= 0.6 is 0 Å². The molecule has 1 saturated carbocycles. The Labute approximate surface area is 112 Å². The topological polar surface area (TPSA) is 32.7 Å². The van der Waals surface area contributed by atoms with E-state index in [0.29, 0.717) is 17.6 Å². The molecular weight excluding hydrogens is 226 g/mol. The quantitative estimate of drug-likeness (QED) is 0.837. The largest absolute Gasteiger partial charge is 0.393 e. The van der Waals surface area contributed by atoms with Crippen molar-refractivity contribution in [3.8, 4) is 0 Å². The second-order valence-corrected chi connectivity index (χ2v) is 7.23. The molecule has 3 nitrogen and oxygen atoms in total. The first kappa shape index (κ1) is 14.3. The zero-order chi connectivity index (χ0) is 13.2. The Morgan fingerprint density at radius 3 is 2.22 bits per heavy atom. The minimum absolute atomic E-state index is 0.0955. The minimum atomic E-state index is -0.0955. The summed E-state index contributed by atoms with van der Waals surface area (Å²) in [4.78, 5) is 2.57. The molecule has 0 atom stereocenters. The van der Waals surface area contributed by atoms with Crippen LogP contribution in [0.15, 0.2) is 0 Å². The van der Waals surface area contributed by atoms with Gasteiger partial charge in [-0.3, -0.25) is 0 Å². The summed E-state index contributed by atoms with van der Waals surface area (Å²) in [5.74, 6) is 0. The third-order valence-corrected chi connectivity index (χ3v) is 4.17. The number of ether oxygens (including phenoxy) is 1. The van der Waals surface area contributed by atoms with Gasteiger partial charge in [-0.25, -0.2) is 0 Å². The highest BCUT2D eigenvalue weighted by Gasteiger charge is 2.31. The van der Waals surface area contributed by atoms with Gasteiger partial charge in [0.15, 0.2) is 0 Å². The molecule has 0 amide bonds. The van der Waals surface area contributed by atoms with E-state index in [9.17, 15) is 5.11 Å². The van der Waals surface area contributed by atoms with E-state index >= 15 is 0 Å². The minimum Gasteiger partial charge on any atom is -0.393 e. The van der Waals surface area contributed by atoms with Crippen molar-refractivity contribution in [3.63, 3.8) is 0 Å². The van der Waals surface area contributed by atoms with Crippen LogP contribution in [0.5, 0.6) is 0 Å². The lowest BCUT2D eigenvalue weighted by molar-refractivity contribution is -0.116. The normalized spacial score (nSPS) is 31.3. The molecule has 0 aromatic carbocycles. The van der Waals surface area contributed by atoms with E-state index in [0.717, 1.165) is 25.7 Å². The molecule has 2 fully saturated rings. The number of hydrogen-bond acceptors (Lipinski definition) is 3. The summed E-state index contributed by atoms with van der Waals surface area (Å²) in [6.45, 7) is 10.5. The summed E-state index contributed by atoms with van der Waals surface area (Å²) < 4.78 is 6.00. The lowest BCUT2D eigenvalue weighted by atomic mass is 9.91. The Bertz CT molecular complexity index is 248. The van der Waals surface area contributed by atoms with Crippen molar-refractivity contribution in [2.75, 3.05) is 19.6 Å². The van der Waals surface area contributed by atoms with Crippen molar-refractivity contribution in [1.29, 1.82) is 0 Å². The van der Waals surface area contributed by atoms with Crippen molar-refractivity contribution in [3.05, 3.63) is 0 Å². The number of rotatable bonds is 4. The lowest BCUT2D eigenvalue weighted by Gasteiger charge is -2.38. The maximum Gasteiger partial charge on any atom is 0.0628 e. The first-order chi connectivity index (χ1) is 8.42. The average Bonchev–Trinajstić information content (AvgIpc) is 2.25. The van der Waals surface area contributed by atoms with Gasteiger partial charge in [0, 0.05) is 13.1 Å². The van der Waals surface area contributed by atoms with Gasteiger partial charge >= 0.3 is 0 Å². The third kappa shape index (κ3) is 4.52. The molecule has 1 aliphatic heterocycles. The zero-order valence-corrected chi connectivity index (χ0v) is 12.2. The summed E-state index contributed by atoms with van der Waals surface area (Å²) in [5.41, 5.74) is 0.440. The fourth-order valence-corrected chi connectivity index (χ4v) is 2.68. The van der Waals surface area contributed by atoms with E-state index in [1.807, 2.05) is 0 Å². The molecule has 0 spiro atoms. The highest BCUT2D eigenvalue weighted by atomic mass is 16.5. The Balaban J connectivity index is 1.59. The second kappa shape index (κ2) is 5.89.